The lowest BCUT2D eigenvalue weighted by molar-refractivity contribution is 0.415. The number of halogens is 1. The zero-order chi connectivity index (χ0) is 12.4. The van der Waals surface area contributed by atoms with Gasteiger partial charge in [0.1, 0.15) is 5.75 Å². The molecule has 0 fully saturated rings. The summed E-state index contributed by atoms with van der Waals surface area (Å²) in [5.41, 5.74) is 8.04. The van der Waals surface area contributed by atoms with Gasteiger partial charge in [0.15, 0.2) is 0 Å². The van der Waals surface area contributed by atoms with Crippen LogP contribution in [0, 0.1) is 0 Å². The van der Waals surface area contributed by atoms with Gasteiger partial charge in [-0.05, 0) is 24.1 Å². The second-order valence-electron chi connectivity index (χ2n) is 3.99. The number of benzene rings is 1. The summed E-state index contributed by atoms with van der Waals surface area (Å²) in [5.74, 6) is 0.722. The third kappa shape index (κ3) is 2.13. The number of methoxy groups -OCH3 is 1. The highest BCUT2D eigenvalue weighted by atomic mass is 35.5. The van der Waals surface area contributed by atoms with Gasteiger partial charge in [0, 0.05) is 24.7 Å². The number of rotatable bonds is 4. The minimum absolute atomic E-state index is 0.622. The van der Waals surface area contributed by atoms with Gasteiger partial charge >= 0.3 is 0 Å². The van der Waals surface area contributed by atoms with Crippen molar-refractivity contribution in [2.45, 2.75) is 19.9 Å². The summed E-state index contributed by atoms with van der Waals surface area (Å²) in [6, 6.07) is 3.95. The van der Waals surface area contributed by atoms with E-state index < -0.39 is 0 Å². The highest BCUT2D eigenvalue weighted by Gasteiger charge is 2.11. The van der Waals surface area contributed by atoms with Crippen LogP contribution in [0.3, 0.4) is 0 Å². The molecule has 1 heterocycles. The molecular weight excluding hydrogens is 236 g/mol. The minimum atomic E-state index is 0.622. The van der Waals surface area contributed by atoms with Crippen LogP contribution in [0.5, 0.6) is 5.75 Å². The van der Waals surface area contributed by atoms with Crippen molar-refractivity contribution >= 4 is 22.5 Å². The molecule has 0 atom stereocenters. The summed E-state index contributed by atoms with van der Waals surface area (Å²) in [7, 11) is 1.63. The zero-order valence-corrected chi connectivity index (χ0v) is 10.9. The monoisotopic (exact) mass is 252 g/mol. The van der Waals surface area contributed by atoms with Gasteiger partial charge in [-0.3, -0.25) is 0 Å². The van der Waals surface area contributed by atoms with E-state index in [0.717, 1.165) is 24.2 Å². The molecule has 3 nitrogen and oxygen atoms in total. The molecule has 2 aromatic rings. The SMILES string of the molecule is CCc1cn(CCN)c2cc(Cl)c(OC)cc12. The van der Waals surface area contributed by atoms with Crippen LogP contribution in [-0.2, 0) is 13.0 Å². The fourth-order valence-electron chi connectivity index (χ4n) is 2.13. The van der Waals surface area contributed by atoms with Crippen LogP contribution in [-0.4, -0.2) is 18.2 Å². The van der Waals surface area contributed by atoms with Gasteiger partial charge in [-0.25, -0.2) is 0 Å². The number of aryl methyl sites for hydroxylation is 1. The van der Waals surface area contributed by atoms with E-state index in [1.807, 2.05) is 12.1 Å². The van der Waals surface area contributed by atoms with Crippen LogP contribution < -0.4 is 10.5 Å². The van der Waals surface area contributed by atoms with Crippen molar-refractivity contribution in [3.63, 3.8) is 0 Å². The molecule has 0 aliphatic heterocycles. The number of aromatic nitrogens is 1. The quantitative estimate of drug-likeness (QED) is 0.909. The van der Waals surface area contributed by atoms with Crippen molar-refractivity contribution in [2.75, 3.05) is 13.7 Å². The zero-order valence-electron chi connectivity index (χ0n) is 10.2. The Kier molecular flexibility index (Phi) is 3.60. The summed E-state index contributed by atoms with van der Waals surface area (Å²) in [6.07, 6.45) is 3.13. The number of hydrogen-bond donors (Lipinski definition) is 1. The molecule has 0 saturated carbocycles. The van der Waals surface area contributed by atoms with Crippen molar-refractivity contribution in [3.05, 3.63) is 28.9 Å². The minimum Gasteiger partial charge on any atom is -0.495 e. The fraction of sp³-hybridized carbons (Fsp3) is 0.385. The molecule has 0 radical (unpaired) electrons. The van der Waals surface area contributed by atoms with Gasteiger partial charge in [0.25, 0.3) is 0 Å². The molecule has 0 bridgehead atoms. The maximum Gasteiger partial charge on any atom is 0.138 e. The Morgan fingerprint density at radius 1 is 1.41 bits per heavy atom. The first-order valence-corrected chi connectivity index (χ1v) is 6.14. The van der Waals surface area contributed by atoms with Crippen LogP contribution in [0.15, 0.2) is 18.3 Å². The number of hydrogen-bond acceptors (Lipinski definition) is 2. The third-order valence-electron chi connectivity index (χ3n) is 2.99. The number of nitrogens with two attached hydrogens (primary N) is 1. The highest BCUT2D eigenvalue weighted by Crippen LogP contribution is 2.32. The molecule has 0 spiro atoms. The molecule has 1 aromatic carbocycles. The molecule has 0 saturated heterocycles. The number of fused-ring (bicyclic) bond motifs is 1. The average Bonchev–Trinajstić information content (AvgIpc) is 2.66. The lowest BCUT2D eigenvalue weighted by Crippen LogP contribution is -2.08. The lowest BCUT2D eigenvalue weighted by Gasteiger charge is -2.06. The molecule has 4 heteroatoms. The largest absolute Gasteiger partial charge is 0.495 e. The summed E-state index contributed by atoms with van der Waals surface area (Å²) < 4.78 is 7.41. The normalized spacial score (nSPS) is 11.1. The van der Waals surface area contributed by atoms with Gasteiger partial charge < -0.3 is 15.0 Å². The van der Waals surface area contributed by atoms with Gasteiger partial charge in [0.05, 0.1) is 17.6 Å². The number of ether oxygens (including phenoxy) is 1. The van der Waals surface area contributed by atoms with E-state index in [2.05, 4.69) is 17.7 Å². The first kappa shape index (κ1) is 12.3. The lowest BCUT2D eigenvalue weighted by atomic mass is 10.1. The van der Waals surface area contributed by atoms with E-state index in [9.17, 15) is 0 Å². The molecule has 0 aliphatic carbocycles. The van der Waals surface area contributed by atoms with E-state index in [1.54, 1.807) is 7.11 Å². The van der Waals surface area contributed by atoms with Gasteiger partial charge in [0.2, 0.25) is 0 Å². The van der Waals surface area contributed by atoms with Crippen molar-refractivity contribution in [2.24, 2.45) is 5.73 Å². The Morgan fingerprint density at radius 3 is 2.76 bits per heavy atom. The number of nitrogens with zero attached hydrogens (tertiary/aromatic N) is 1. The molecule has 2 N–H and O–H groups in total. The Hall–Kier alpha value is -1.19. The van der Waals surface area contributed by atoms with Crippen molar-refractivity contribution < 1.29 is 4.74 Å². The van der Waals surface area contributed by atoms with Gasteiger partial charge in [-0.15, -0.1) is 0 Å². The highest BCUT2D eigenvalue weighted by molar-refractivity contribution is 6.32. The van der Waals surface area contributed by atoms with Crippen LogP contribution in [0.1, 0.15) is 12.5 Å². The fourth-order valence-corrected chi connectivity index (χ4v) is 2.36. The summed E-state index contributed by atoms with van der Waals surface area (Å²) >= 11 is 6.16. The molecular formula is C13H17ClN2O. The second kappa shape index (κ2) is 4.98. The molecule has 0 aliphatic rings. The third-order valence-corrected chi connectivity index (χ3v) is 3.28. The molecule has 2 rings (SSSR count). The van der Waals surface area contributed by atoms with Crippen LogP contribution in [0.2, 0.25) is 5.02 Å². The maximum absolute atomic E-state index is 6.16. The van der Waals surface area contributed by atoms with Crippen molar-refractivity contribution in [1.29, 1.82) is 0 Å². The van der Waals surface area contributed by atoms with Crippen LogP contribution in [0.25, 0.3) is 10.9 Å². The Balaban J connectivity index is 2.67. The molecule has 0 unspecified atom stereocenters. The van der Waals surface area contributed by atoms with E-state index >= 15 is 0 Å². The Morgan fingerprint density at radius 2 is 2.18 bits per heavy atom. The Bertz CT molecular complexity index is 534. The molecule has 1 aromatic heterocycles. The molecule has 17 heavy (non-hydrogen) atoms. The van der Waals surface area contributed by atoms with E-state index in [-0.39, 0.29) is 0 Å². The summed E-state index contributed by atoms with van der Waals surface area (Å²) in [5, 5.41) is 1.83. The molecule has 0 amide bonds. The topological polar surface area (TPSA) is 40.2 Å². The molecule has 92 valence electrons. The predicted molar refractivity (Wildman–Crippen MR) is 71.9 cm³/mol. The van der Waals surface area contributed by atoms with Crippen molar-refractivity contribution in [3.8, 4) is 5.75 Å². The van der Waals surface area contributed by atoms with Gasteiger partial charge in [-0.2, -0.15) is 0 Å². The van der Waals surface area contributed by atoms with Gasteiger partial charge in [-0.1, -0.05) is 18.5 Å². The van der Waals surface area contributed by atoms with E-state index in [0.29, 0.717) is 11.6 Å². The van der Waals surface area contributed by atoms with Crippen LogP contribution in [0.4, 0.5) is 0 Å². The van der Waals surface area contributed by atoms with Crippen molar-refractivity contribution in [1.82, 2.24) is 4.57 Å². The Labute approximate surface area is 106 Å². The maximum atomic E-state index is 6.16. The first-order valence-electron chi connectivity index (χ1n) is 5.76. The van der Waals surface area contributed by atoms with E-state index in [1.165, 1.54) is 10.9 Å². The summed E-state index contributed by atoms with van der Waals surface area (Å²) in [4.78, 5) is 0. The average molecular weight is 253 g/mol. The first-order chi connectivity index (χ1) is 8.21. The van der Waals surface area contributed by atoms with E-state index in [4.69, 9.17) is 22.1 Å². The van der Waals surface area contributed by atoms with Crippen LogP contribution >= 0.6 is 11.6 Å². The second-order valence-corrected chi connectivity index (χ2v) is 4.40. The predicted octanol–water partition coefficient (Wildman–Crippen LogP) is 2.82. The standard InChI is InChI=1S/C13H17ClN2O/c1-3-9-8-16(5-4-15)12-7-11(14)13(17-2)6-10(9)12/h6-8H,3-5,15H2,1-2H3. The smallest absolute Gasteiger partial charge is 0.138 e. The summed E-state index contributed by atoms with van der Waals surface area (Å²) in [6.45, 7) is 3.57.